The fourth-order valence-corrected chi connectivity index (χ4v) is 4.52. The molecule has 0 amide bonds. The monoisotopic (exact) mass is 283 g/mol. The Labute approximate surface area is 114 Å². The van der Waals surface area contributed by atoms with Crippen LogP contribution in [-0.4, -0.2) is 24.6 Å². The Morgan fingerprint density at radius 2 is 2.16 bits per heavy atom. The minimum absolute atomic E-state index is 0.267. The highest BCUT2D eigenvalue weighted by Gasteiger charge is 2.27. The van der Waals surface area contributed by atoms with E-state index in [1.807, 2.05) is 26.8 Å². The molecule has 1 aromatic rings. The average Bonchev–Trinajstić information content (AvgIpc) is 2.69. The van der Waals surface area contributed by atoms with Crippen LogP contribution < -0.4 is 0 Å². The molecule has 1 heterocycles. The van der Waals surface area contributed by atoms with Crippen LogP contribution in [0.1, 0.15) is 49.6 Å². The van der Waals surface area contributed by atoms with Crippen LogP contribution in [0.25, 0.3) is 5.57 Å². The fraction of sp³-hybridized carbons (Fsp3) is 0.643. The molecule has 0 N–H and O–H groups in total. The molecule has 2 rings (SSSR count). The highest BCUT2D eigenvalue weighted by atomic mass is 32.2. The van der Waals surface area contributed by atoms with Gasteiger partial charge < -0.3 is 4.52 Å². The lowest BCUT2D eigenvalue weighted by atomic mass is 9.92. The topological polar surface area (TPSA) is 60.2 Å². The molecule has 0 fully saturated rings. The van der Waals surface area contributed by atoms with Gasteiger partial charge in [0.05, 0.1) is 16.7 Å². The first-order valence-corrected chi connectivity index (χ1v) is 8.52. The average molecular weight is 283 g/mol. The zero-order valence-corrected chi connectivity index (χ0v) is 12.6. The quantitative estimate of drug-likeness (QED) is 0.852. The molecule has 4 nitrogen and oxygen atoms in total. The Morgan fingerprint density at radius 1 is 1.42 bits per heavy atom. The summed E-state index contributed by atoms with van der Waals surface area (Å²) in [6.07, 6.45) is 5.13. The molecule has 0 saturated carbocycles. The van der Waals surface area contributed by atoms with E-state index in [1.54, 1.807) is 0 Å². The molecule has 0 aliphatic heterocycles. The minimum Gasteiger partial charge on any atom is -0.361 e. The normalized spacial score (nSPS) is 20.4. The van der Waals surface area contributed by atoms with Gasteiger partial charge in [0.2, 0.25) is 0 Å². The van der Waals surface area contributed by atoms with Crippen LogP contribution in [0.5, 0.6) is 0 Å². The highest BCUT2D eigenvalue weighted by Crippen LogP contribution is 2.33. The summed E-state index contributed by atoms with van der Waals surface area (Å²) in [5.74, 6) is 1.04. The number of aryl methyl sites for hydroxylation is 2. The van der Waals surface area contributed by atoms with Gasteiger partial charge in [-0.1, -0.05) is 18.2 Å². The van der Waals surface area contributed by atoms with Crippen LogP contribution in [0, 0.1) is 13.8 Å². The number of allylic oxidation sites excluding steroid dienone is 1. The second-order valence-electron chi connectivity index (χ2n) is 5.19. The minimum atomic E-state index is -3.01. The summed E-state index contributed by atoms with van der Waals surface area (Å²) in [5.41, 5.74) is 2.92. The molecule has 19 heavy (non-hydrogen) atoms. The highest BCUT2D eigenvalue weighted by molar-refractivity contribution is 7.92. The zero-order chi connectivity index (χ0) is 14.0. The maximum Gasteiger partial charge on any atom is 0.156 e. The molecule has 0 saturated heterocycles. The van der Waals surface area contributed by atoms with Gasteiger partial charge in [-0.25, -0.2) is 8.42 Å². The first kappa shape index (κ1) is 14.3. The summed E-state index contributed by atoms with van der Waals surface area (Å²) in [5, 5.41) is 3.61. The van der Waals surface area contributed by atoms with E-state index < -0.39 is 9.84 Å². The standard InChI is InChI=1S/C14H21NO3S/c1-4-8-19(16,17)13-7-5-6-12(9-13)14-10(2)15-18-11(14)3/h9,13H,4-8H2,1-3H3. The van der Waals surface area contributed by atoms with Crippen molar-refractivity contribution in [2.75, 3.05) is 5.75 Å². The Morgan fingerprint density at radius 3 is 2.74 bits per heavy atom. The predicted octanol–water partition coefficient (Wildman–Crippen LogP) is 3.05. The van der Waals surface area contributed by atoms with Gasteiger partial charge in [0, 0.05) is 5.56 Å². The van der Waals surface area contributed by atoms with Crippen molar-refractivity contribution < 1.29 is 12.9 Å². The van der Waals surface area contributed by atoms with E-state index in [2.05, 4.69) is 5.16 Å². The second kappa shape index (κ2) is 5.49. The summed E-state index contributed by atoms with van der Waals surface area (Å²) in [4.78, 5) is 0. The number of sulfone groups is 1. The van der Waals surface area contributed by atoms with Crippen LogP contribution in [0.3, 0.4) is 0 Å². The van der Waals surface area contributed by atoms with Crippen molar-refractivity contribution in [1.29, 1.82) is 0 Å². The molecule has 1 aliphatic carbocycles. The third kappa shape index (κ3) is 2.91. The van der Waals surface area contributed by atoms with Crippen molar-refractivity contribution in [1.82, 2.24) is 5.16 Å². The van der Waals surface area contributed by atoms with Gasteiger partial charge in [0.25, 0.3) is 0 Å². The molecule has 1 aliphatic rings. The number of nitrogens with zero attached hydrogens (tertiary/aromatic N) is 1. The Balaban J connectivity index is 2.35. The van der Waals surface area contributed by atoms with E-state index in [9.17, 15) is 8.42 Å². The number of hydrogen-bond donors (Lipinski definition) is 0. The molecule has 0 radical (unpaired) electrons. The Kier molecular flexibility index (Phi) is 4.13. The van der Waals surface area contributed by atoms with Crippen LogP contribution in [-0.2, 0) is 9.84 Å². The zero-order valence-electron chi connectivity index (χ0n) is 11.8. The molecule has 0 bridgehead atoms. The van der Waals surface area contributed by atoms with E-state index in [0.29, 0.717) is 6.42 Å². The van der Waals surface area contributed by atoms with Crippen LogP contribution in [0.4, 0.5) is 0 Å². The van der Waals surface area contributed by atoms with Crippen molar-refractivity contribution in [3.8, 4) is 0 Å². The Bertz CT molecular complexity index is 564. The van der Waals surface area contributed by atoms with E-state index in [1.165, 1.54) is 0 Å². The molecule has 1 unspecified atom stereocenters. The molecule has 106 valence electrons. The van der Waals surface area contributed by atoms with Gasteiger partial charge in [0.15, 0.2) is 9.84 Å². The fourth-order valence-electron chi connectivity index (χ4n) is 2.75. The van der Waals surface area contributed by atoms with Crippen molar-refractivity contribution in [2.45, 2.75) is 51.7 Å². The van der Waals surface area contributed by atoms with Crippen molar-refractivity contribution in [3.05, 3.63) is 23.1 Å². The molecule has 1 aromatic heterocycles. The van der Waals surface area contributed by atoms with Crippen LogP contribution in [0.15, 0.2) is 10.6 Å². The van der Waals surface area contributed by atoms with E-state index in [0.717, 1.165) is 41.9 Å². The van der Waals surface area contributed by atoms with Gasteiger partial charge in [-0.3, -0.25) is 0 Å². The molecular weight excluding hydrogens is 262 g/mol. The first-order valence-electron chi connectivity index (χ1n) is 6.81. The first-order chi connectivity index (χ1) is 8.95. The summed E-state index contributed by atoms with van der Waals surface area (Å²) in [6, 6.07) is 0. The maximum absolute atomic E-state index is 12.2. The van der Waals surface area contributed by atoms with E-state index in [4.69, 9.17) is 4.52 Å². The van der Waals surface area contributed by atoms with Crippen LogP contribution >= 0.6 is 0 Å². The third-order valence-corrected chi connectivity index (χ3v) is 5.90. The lowest BCUT2D eigenvalue weighted by Crippen LogP contribution is -2.24. The lowest BCUT2D eigenvalue weighted by molar-refractivity contribution is 0.393. The van der Waals surface area contributed by atoms with Gasteiger partial charge in [-0.05, 0) is 45.1 Å². The number of rotatable bonds is 4. The van der Waals surface area contributed by atoms with E-state index >= 15 is 0 Å². The van der Waals surface area contributed by atoms with Gasteiger partial charge >= 0.3 is 0 Å². The predicted molar refractivity (Wildman–Crippen MR) is 75.7 cm³/mol. The number of hydrogen-bond acceptors (Lipinski definition) is 4. The van der Waals surface area contributed by atoms with Gasteiger partial charge in [-0.2, -0.15) is 0 Å². The smallest absolute Gasteiger partial charge is 0.156 e. The summed E-state index contributed by atoms with van der Waals surface area (Å²) in [6.45, 7) is 5.68. The SMILES string of the molecule is CCCS(=O)(=O)C1C=C(c2c(C)noc2C)CCC1. The summed E-state index contributed by atoms with van der Waals surface area (Å²) in [7, 11) is -3.01. The molecule has 0 spiro atoms. The molecular formula is C14H21NO3S. The Hall–Kier alpha value is -1.10. The molecule has 1 atom stereocenters. The van der Waals surface area contributed by atoms with Gasteiger partial charge in [0.1, 0.15) is 5.76 Å². The van der Waals surface area contributed by atoms with Gasteiger partial charge in [-0.15, -0.1) is 0 Å². The summed E-state index contributed by atoms with van der Waals surface area (Å²) < 4.78 is 29.6. The van der Waals surface area contributed by atoms with Crippen molar-refractivity contribution in [3.63, 3.8) is 0 Å². The van der Waals surface area contributed by atoms with E-state index in [-0.39, 0.29) is 11.0 Å². The molecule has 0 aromatic carbocycles. The summed E-state index contributed by atoms with van der Waals surface area (Å²) >= 11 is 0. The molecule has 5 heteroatoms. The maximum atomic E-state index is 12.2. The third-order valence-electron chi connectivity index (χ3n) is 3.63. The second-order valence-corrected chi connectivity index (χ2v) is 7.53. The van der Waals surface area contributed by atoms with Crippen LogP contribution in [0.2, 0.25) is 0 Å². The van der Waals surface area contributed by atoms with Crippen molar-refractivity contribution >= 4 is 15.4 Å². The lowest BCUT2D eigenvalue weighted by Gasteiger charge is -2.21. The largest absolute Gasteiger partial charge is 0.361 e. The van der Waals surface area contributed by atoms with Crippen molar-refractivity contribution in [2.24, 2.45) is 0 Å². The number of aromatic nitrogens is 1.